The zero-order valence-corrected chi connectivity index (χ0v) is 10.7. The number of aromatic nitrogens is 1. The third-order valence-corrected chi connectivity index (χ3v) is 2.79. The van der Waals surface area contributed by atoms with Gasteiger partial charge in [-0.3, -0.25) is 4.98 Å². The van der Waals surface area contributed by atoms with Crippen LogP contribution in [0.1, 0.15) is 24.1 Å². The third kappa shape index (κ3) is 3.34. The van der Waals surface area contributed by atoms with Crippen molar-refractivity contribution in [3.05, 3.63) is 47.7 Å². The highest BCUT2D eigenvalue weighted by Crippen LogP contribution is 2.14. The van der Waals surface area contributed by atoms with Crippen LogP contribution in [0.4, 0.5) is 0 Å². The number of furan rings is 1. The van der Waals surface area contributed by atoms with Gasteiger partial charge in [-0.15, -0.1) is 0 Å². The predicted octanol–water partition coefficient (Wildman–Crippen LogP) is 2.41. The van der Waals surface area contributed by atoms with Crippen molar-refractivity contribution in [3.63, 3.8) is 0 Å². The van der Waals surface area contributed by atoms with E-state index >= 15 is 0 Å². The number of aromatic hydroxyl groups is 1. The Kier molecular flexibility index (Phi) is 3.99. The van der Waals surface area contributed by atoms with Gasteiger partial charge in [-0.1, -0.05) is 0 Å². The summed E-state index contributed by atoms with van der Waals surface area (Å²) >= 11 is 0. The van der Waals surface area contributed by atoms with Crippen molar-refractivity contribution in [1.29, 1.82) is 0 Å². The first kappa shape index (κ1) is 12.6. The van der Waals surface area contributed by atoms with E-state index in [0.29, 0.717) is 12.2 Å². The summed E-state index contributed by atoms with van der Waals surface area (Å²) < 4.78 is 5.29. The summed E-state index contributed by atoms with van der Waals surface area (Å²) in [5, 5.41) is 13.0. The van der Waals surface area contributed by atoms with Gasteiger partial charge in [0.25, 0.3) is 0 Å². The van der Waals surface area contributed by atoms with Gasteiger partial charge in [0.1, 0.15) is 11.5 Å². The van der Waals surface area contributed by atoms with Crippen molar-refractivity contribution < 1.29 is 9.52 Å². The minimum atomic E-state index is 0.235. The number of nitrogens with one attached hydrogen (secondary N) is 1. The van der Waals surface area contributed by atoms with Gasteiger partial charge in [0, 0.05) is 24.7 Å². The van der Waals surface area contributed by atoms with Gasteiger partial charge in [0.2, 0.25) is 0 Å². The zero-order valence-electron chi connectivity index (χ0n) is 10.7. The summed E-state index contributed by atoms with van der Waals surface area (Å²) in [4.78, 5) is 4.31. The van der Waals surface area contributed by atoms with Gasteiger partial charge in [-0.2, -0.15) is 0 Å². The molecule has 0 saturated carbocycles. The smallest absolute Gasteiger partial charge is 0.138 e. The predicted molar refractivity (Wildman–Crippen MR) is 69.4 cm³/mol. The molecule has 0 saturated heterocycles. The van der Waals surface area contributed by atoms with Gasteiger partial charge < -0.3 is 14.8 Å². The van der Waals surface area contributed by atoms with Gasteiger partial charge in [-0.25, -0.2) is 0 Å². The molecular formula is C14H18N2O2. The number of aryl methyl sites for hydroxylation is 1. The van der Waals surface area contributed by atoms with Crippen molar-refractivity contribution in [2.75, 3.05) is 0 Å². The second-order valence-electron chi connectivity index (χ2n) is 4.48. The molecule has 4 heteroatoms. The Hall–Kier alpha value is -1.81. The normalized spacial score (nSPS) is 12.6. The molecule has 2 N–H and O–H groups in total. The fourth-order valence-corrected chi connectivity index (χ4v) is 1.81. The molecule has 0 spiro atoms. The molecule has 2 rings (SSSR count). The fourth-order valence-electron chi connectivity index (χ4n) is 1.81. The first-order valence-electron chi connectivity index (χ1n) is 6.06. The molecule has 96 valence electrons. The van der Waals surface area contributed by atoms with Crippen LogP contribution in [0.3, 0.4) is 0 Å². The van der Waals surface area contributed by atoms with E-state index in [0.717, 1.165) is 17.9 Å². The third-order valence-electron chi connectivity index (χ3n) is 2.79. The topological polar surface area (TPSA) is 58.3 Å². The molecule has 2 aromatic heterocycles. The van der Waals surface area contributed by atoms with Crippen LogP contribution in [-0.2, 0) is 13.0 Å². The molecule has 18 heavy (non-hydrogen) atoms. The standard InChI is InChI=1S/C14H18N2O2/c1-10-5-6-14(17)13(16-10)9-15-11(2)8-12-4-3-7-18-12/h3-7,11,15,17H,8-9H2,1-2H3. The maximum atomic E-state index is 9.68. The van der Waals surface area contributed by atoms with E-state index in [2.05, 4.69) is 17.2 Å². The molecule has 0 aliphatic heterocycles. The number of pyridine rings is 1. The molecule has 4 nitrogen and oxygen atoms in total. The van der Waals surface area contributed by atoms with E-state index in [1.165, 1.54) is 0 Å². The Labute approximate surface area is 107 Å². The lowest BCUT2D eigenvalue weighted by molar-refractivity contribution is 0.437. The van der Waals surface area contributed by atoms with E-state index in [4.69, 9.17) is 4.42 Å². The minimum Gasteiger partial charge on any atom is -0.506 e. The molecule has 1 atom stereocenters. The minimum absolute atomic E-state index is 0.235. The highest BCUT2D eigenvalue weighted by Gasteiger charge is 2.08. The second kappa shape index (κ2) is 5.69. The SMILES string of the molecule is Cc1ccc(O)c(CNC(C)Cc2ccco2)n1. The number of nitrogens with zero attached hydrogens (tertiary/aromatic N) is 1. The second-order valence-corrected chi connectivity index (χ2v) is 4.48. The van der Waals surface area contributed by atoms with E-state index in [1.807, 2.05) is 19.1 Å². The summed E-state index contributed by atoms with van der Waals surface area (Å²) in [5.41, 5.74) is 1.59. The van der Waals surface area contributed by atoms with Crippen molar-refractivity contribution >= 4 is 0 Å². The van der Waals surface area contributed by atoms with Gasteiger partial charge >= 0.3 is 0 Å². The molecule has 0 bridgehead atoms. The van der Waals surface area contributed by atoms with Crippen LogP contribution in [-0.4, -0.2) is 16.1 Å². The summed E-state index contributed by atoms with van der Waals surface area (Å²) in [6, 6.07) is 7.58. The average molecular weight is 246 g/mol. The number of hydrogen-bond acceptors (Lipinski definition) is 4. The molecule has 0 aliphatic rings. The van der Waals surface area contributed by atoms with Crippen LogP contribution in [0, 0.1) is 6.92 Å². The van der Waals surface area contributed by atoms with Crippen LogP contribution in [0.25, 0.3) is 0 Å². The fraction of sp³-hybridized carbons (Fsp3) is 0.357. The lowest BCUT2D eigenvalue weighted by atomic mass is 10.2. The van der Waals surface area contributed by atoms with Crippen LogP contribution in [0.5, 0.6) is 5.75 Å². The Morgan fingerprint density at radius 3 is 2.94 bits per heavy atom. The molecule has 0 radical (unpaired) electrons. The number of hydrogen-bond donors (Lipinski definition) is 2. The molecule has 0 fully saturated rings. The molecule has 0 amide bonds. The molecule has 1 unspecified atom stereocenters. The Morgan fingerprint density at radius 1 is 1.39 bits per heavy atom. The molecule has 2 heterocycles. The number of rotatable bonds is 5. The molecular weight excluding hydrogens is 228 g/mol. The Bertz CT molecular complexity index is 495. The van der Waals surface area contributed by atoms with Crippen LogP contribution in [0.15, 0.2) is 34.9 Å². The highest BCUT2D eigenvalue weighted by atomic mass is 16.3. The monoisotopic (exact) mass is 246 g/mol. The summed E-state index contributed by atoms with van der Waals surface area (Å²) in [7, 11) is 0. The summed E-state index contributed by atoms with van der Waals surface area (Å²) in [6.07, 6.45) is 2.50. The first-order chi connectivity index (χ1) is 8.65. The molecule has 0 aliphatic carbocycles. The van der Waals surface area contributed by atoms with Crippen molar-refractivity contribution in [1.82, 2.24) is 10.3 Å². The summed E-state index contributed by atoms with van der Waals surface area (Å²) in [5.74, 6) is 1.19. The largest absolute Gasteiger partial charge is 0.506 e. The van der Waals surface area contributed by atoms with Gasteiger partial charge in [0.05, 0.1) is 12.0 Å². The Balaban J connectivity index is 1.89. The lowest BCUT2D eigenvalue weighted by Crippen LogP contribution is -2.27. The zero-order chi connectivity index (χ0) is 13.0. The van der Waals surface area contributed by atoms with Crippen LogP contribution in [0.2, 0.25) is 0 Å². The van der Waals surface area contributed by atoms with Gasteiger partial charge in [0.15, 0.2) is 0 Å². The average Bonchev–Trinajstić information content (AvgIpc) is 2.83. The van der Waals surface area contributed by atoms with Crippen molar-refractivity contribution in [2.24, 2.45) is 0 Å². The molecule has 2 aromatic rings. The quantitative estimate of drug-likeness (QED) is 0.850. The maximum absolute atomic E-state index is 9.68. The lowest BCUT2D eigenvalue weighted by Gasteiger charge is -2.13. The Morgan fingerprint density at radius 2 is 2.22 bits per heavy atom. The van der Waals surface area contributed by atoms with Gasteiger partial charge in [-0.05, 0) is 38.1 Å². The van der Waals surface area contributed by atoms with Crippen molar-refractivity contribution in [2.45, 2.75) is 32.9 Å². The van der Waals surface area contributed by atoms with E-state index in [1.54, 1.807) is 18.4 Å². The summed E-state index contributed by atoms with van der Waals surface area (Å²) in [6.45, 7) is 4.54. The van der Waals surface area contributed by atoms with Crippen LogP contribution >= 0.6 is 0 Å². The molecule has 0 aromatic carbocycles. The maximum Gasteiger partial charge on any atom is 0.138 e. The van der Waals surface area contributed by atoms with E-state index < -0.39 is 0 Å². The van der Waals surface area contributed by atoms with E-state index in [-0.39, 0.29) is 11.8 Å². The van der Waals surface area contributed by atoms with Crippen LogP contribution < -0.4 is 5.32 Å². The highest BCUT2D eigenvalue weighted by molar-refractivity contribution is 5.27. The van der Waals surface area contributed by atoms with Crippen molar-refractivity contribution in [3.8, 4) is 5.75 Å². The first-order valence-corrected chi connectivity index (χ1v) is 6.06. The van der Waals surface area contributed by atoms with E-state index in [9.17, 15) is 5.11 Å².